The fourth-order valence-corrected chi connectivity index (χ4v) is 2.46. The predicted molar refractivity (Wildman–Crippen MR) is 89.1 cm³/mol. The highest BCUT2D eigenvalue weighted by molar-refractivity contribution is 5.92. The maximum Gasteiger partial charge on any atom is 0.273 e. The lowest BCUT2D eigenvalue weighted by atomic mass is 9.84. The van der Waals surface area contributed by atoms with Crippen molar-refractivity contribution in [3.05, 3.63) is 0 Å². The van der Waals surface area contributed by atoms with E-state index in [2.05, 4.69) is 10.6 Å². The van der Waals surface area contributed by atoms with Crippen LogP contribution in [0.5, 0.6) is 0 Å². The molecule has 0 rings (SSSR count). The number of carbonyl (C=O) groups is 3. The van der Waals surface area contributed by atoms with Crippen molar-refractivity contribution >= 4 is 17.7 Å². The van der Waals surface area contributed by atoms with Crippen LogP contribution in [-0.2, 0) is 19.1 Å². The SMILES string of the molecule is CNC(=O)C(NC(=O)[C@H](CC(C)C)[C@H](OC)C(=O)NO)C(C)(C)C. The molecule has 8 heteroatoms. The zero-order valence-electron chi connectivity index (χ0n) is 15.6. The van der Waals surface area contributed by atoms with E-state index in [1.165, 1.54) is 19.6 Å². The zero-order valence-corrected chi connectivity index (χ0v) is 15.6. The van der Waals surface area contributed by atoms with Gasteiger partial charge in [0.15, 0.2) is 0 Å². The molecule has 0 saturated carbocycles. The smallest absolute Gasteiger partial charge is 0.273 e. The topological polar surface area (TPSA) is 117 Å². The molecule has 0 fully saturated rings. The lowest BCUT2D eigenvalue weighted by Crippen LogP contribution is -2.56. The van der Waals surface area contributed by atoms with Crippen molar-refractivity contribution in [2.45, 2.75) is 53.2 Å². The van der Waals surface area contributed by atoms with Crippen molar-refractivity contribution < 1.29 is 24.3 Å². The molecule has 0 aliphatic rings. The van der Waals surface area contributed by atoms with E-state index in [-0.39, 0.29) is 11.8 Å². The van der Waals surface area contributed by atoms with Crippen molar-refractivity contribution in [3.63, 3.8) is 0 Å². The van der Waals surface area contributed by atoms with E-state index in [0.29, 0.717) is 6.42 Å². The Morgan fingerprint density at radius 2 is 1.62 bits per heavy atom. The minimum absolute atomic E-state index is 0.109. The number of hydrogen-bond acceptors (Lipinski definition) is 5. The van der Waals surface area contributed by atoms with Crippen molar-refractivity contribution in [1.29, 1.82) is 0 Å². The summed E-state index contributed by atoms with van der Waals surface area (Å²) in [5.74, 6) is -2.32. The highest BCUT2D eigenvalue weighted by Crippen LogP contribution is 2.23. The molecule has 0 aliphatic carbocycles. The van der Waals surface area contributed by atoms with Gasteiger partial charge < -0.3 is 15.4 Å². The molecule has 0 bridgehead atoms. The van der Waals surface area contributed by atoms with Gasteiger partial charge in [0.1, 0.15) is 12.1 Å². The number of hydroxylamine groups is 1. The Balaban J connectivity index is 5.50. The van der Waals surface area contributed by atoms with E-state index in [0.717, 1.165) is 0 Å². The third kappa shape index (κ3) is 6.45. The minimum Gasteiger partial charge on any atom is -0.371 e. The van der Waals surface area contributed by atoms with Crippen LogP contribution in [0.1, 0.15) is 41.0 Å². The molecule has 0 aromatic heterocycles. The largest absolute Gasteiger partial charge is 0.371 e. The summed E-state index contributed by atoms with van der Waals surface area (Å²) in [5.41, 5.74) is 1.00. The number of nitrogens with one attached hydrogen (secondary N) is 3. The second-order valence-electron chi connectivity index (χ2n) is 7.29. The summed E-state index contributed by atoms with van der Waals surface area (Å²) in [6.07, 6.45) is -0.787. The second kappa shape index (κ2) is 9.58. The van der Waals surface area contributed by atoms with Crippen LogP contribution in [0.3, 0.4) is 0 Å². The number of ether oxygens (including phenoxy) is 1. The molecule has 0 radical (unpaired) electrons. The van der Waals surface area contributed by atoms with Gasteiger partial charge in [-0.2, -0.15) is 0 Å². The molecule has 0 aromatic carbocycles. The highest BCUT2D eigenvalue weighted by atomic mass is 16.5. The summed E-state index contributed by atoms with van der Waals surface area (Å²) in [7, 11) is 2.79. The van der Waals surface area contributed by atoms with Crippen LogP contribution >= 0.6 is 0 Å². The van der Waals surface area contributed by atoms with Crippen LogP contribution in [0.4, 0.5) is 0 Å². The van der Waals surface area contributed by atoms with Gasteiger partial charge >= 0.3 is 0 Å². The lowest BCUT2D eigenvalue weighted by molar-refractivity contribution is -0.150. The van der Waals surface area contributed by atoms with Crippen molar-refractivity contribution in [1.82, 2.24) is 16.1 Å². The van der Waals surface area contributed by atoms with E-state index in [4.69, 9.17) is 9.94 Å². The van der Waals surface area contributed by atoms with Gasteiger partial charge in [-0.1, -0.05) is 34.6 Å². The molecule has 1 unspecified atom stereocenters. The fraction of sp³-hybridized carbons (Fsp3) is 0.812. The van der Waals surface area contributed by atoms with Gasteiger partial charge in [0.2, 0.25) is 11.8 Å². The molecule has 0 heterocycles. The minimum atomic E-state index is -1.15. The normalized spacial score (nSPS) is 15.4. The predicted octanol–water partition coefficient (Wildman–Crippen LogP) is 0.446. The summed E-state index contributed by atoms with van der Waals surface area (Å²) in [6.45, 7) is 9.31. The van der Waals surface area contributed by atoms with E-state index >= 15 is 0 Å². The molecule has 8 nitrogen and oxygen atoms in total. The number of likely N-dealkylation sites (N-methyl/N-ethyl adjacent to an activating group) is 1. The molecular weight excluding hydrogens is 314 g/mol. The Hall–Kier alpha value is -1.67. The van der Waals surface area contributed by atoms with Gasteiger partial charge in [0.05, 0.1) is 5.92 Å². The van der Waals surface area contributed by atoms with Crippen molar-refractivity contribution in [2.24, 2.45) is 17.3 Å². The molecule has 0 aliphatic heterocycles. The van der Waals surface area contributed by atoms with Crippen LogP contribution in [-0.4, -0.2) is 49.2 Å². The second-order valence-corrected chi connectivity index (χ2v) is 7.29. The monoisotopic (exact) mass is 345 g/mol. The number of rotatable bonds is 8. The van der Waals surface area contributed by atoms with E-state index in [9.17, 15) is 14.4 Å². The number of carbonyl (C=O) groups excluding carboxylic acids is 3. The van der Waals surface area contributed by atoms with Crippen molar-refractivity contribution in [2.75, 3.05) is 14.2 Å². The quantitative estimate of drug-likeness (QED) is 0.376. The average Bonchev–Trinajstić information content (AvgIpc) is 2.49. The lowest BCUT2D eigenvalue weighted by Gasteiger charge is -2.32. The Kier molecular flexibility index (Phi) is 8.92. The van der Waals surface area contributed by atoms with Crippen LogP contribution in [0, 0.1) is 17.3 Å². The molecule has 3 atom stereocenters. The third-order valence-corrected chi connectivity index (χ3v) is 3.71. The molecule has 24 heavy (non-hydrogen) atoms. The Morgan fingerprint density at radius 1 is 1.08 bits per heavy atom. The number of amides is 3. The molecule has 0 spiro atoms. The van der Waals surface area contributed by atoms with Crippen LogP contribution in [0.25, 0.3) is 0 Å². The first-order chi connectivity index (χ1) is 11.0. The molecule has 3 amide bonds. The van der Waals surface area contributed by atoms with Gasteiger partial charge in [0.25, 0.3) is 5.91 Å². The average molecular weight is 345 g/mol. The van der Waals surface area contributed by atoms with E-state index in [1.54, 1.807) is 0 Å². The summed E-state index contributed by atoms with van der Waals surface area (Å²) < 4.78 is 5.11. The Bertz CT molecular complexity index is 445. The highest BCUT2D eigenvalue weighted by Gasteiger charge is 2.38. The Labute approximate surface area is 143 Å². The summed E-state index contributed by atoms with van der Waals surface area (Å²) in [6, 6.07) is -0.764. The molecule has 4 N–H and O–H groups in total. The van der Waals surface area contributed by atoms with Gasteiger partial charge in [-0.3, -0.25) is 19.6 Å². The maximum atomic E-state index is 12.7. The van der Waals surface area contributed by atoms with E-state index in [1.807, 2.05) is 34.6 Å². The summed E-state index contributed by atoms with van der Waals surface area (Å²) in [5, 5.41) is 14.1. The van der Waals surface area contributed by atoms with Crippen LogP contribution in [0.15, 0.2) is 0 Å². The van der Waals surface area contributed by atoms with Gasteiger partial charge in [-0.25, -0.2) is 5.48 Å². The van der Waals surface area contributed by atoms with Gasteiger partial charge in [0, 0.05) is 14.2 Å². The first-order valence-electron chi connectivity index (χ1n) is 7.98. The summed E-state index contributed by atoms with van der Waals surface area (Å²) in [4.78, 5) is 36.6. The van der Waals surface area contributed by atoms with E-state index < -0.39 is 35.3 Å². The zero-order chi connectivity index (χ0) is 19.1. The number of hydrogen-bond donors (Lipinski definition) is 4. The van der Waals surface area contributed by atoms with Gasteiger partial charge in [-0.15, -0.1) is 0 Å². The standard InChI is InChI=1S/C16H31N3O5/c1-9(2)8-10(11(24-7)14(21)19-23)13(20)18-12(15(22)17-6)16(3,4)5/h9-12,23H,8H2,1-7H3,(H,17,22)(H,18,20)(H,19,21)/t10-,11+,12?/m1/s1. The van der Waals surface area contributed by atoms with Crippen molar-refractivity contribution in [3.8, 4) is 0 Å². The maximum absolute atomic E-state index is 12.7. The fourth-order valence-electron chi connectivity index (χ4n) is 2.46. The first kappa shape index (κ1) is 22.3. The molecule has 140 valence electrons. The third-order valence-electron chi connectivity index (χ3n) is 3.71. The number of methoxy groups -OCH3 is 1. The van der Waals surface area contributed by atoms with Crippen LogP contribution in [0.2, 0.25) is 0 Å². The van der Waals surface area contributed by atoms with Gasteiger partial charge in [-0.05, 0) is 17.8 Å². The molecule has 0 saturated heterocycles. The summed E-state index contributed by atoms with van der Waals surface area (Å²) >= 11 is 0. The molecule has 0 aromatic rings. The first-order valence-corrected chi connectivity index (χ1v) is 7.98. The molecular formula is C16H31N3O5. The van der Waals surface area contributed by atoms with Crippen LogP contribution < -0.4 is 16.1 Å². The Morgan fingerprint density at radius 3 is 1.96 bits per heavy atom.